The number of hydrogen-bond donors (Lipinski definition) is 5. The van der Waals surface area contributed by atoms with Crippen LogP contribution < -0.4 is 16.0 Å². The summed E-state index contributed by atoms with van der Waals surface area (Å²) in [7, 11) is 0. The first-order valence-corrected chi connectivity index (χ1v) is 8.25. The lowest BCUT2D eigenvalue weighted by Gasteiger charge is -2.11. The Morgan fingerprint density at radius 1 is 1.46 bits per heavy atom. The summed E-state index contributed by atoms with van der Waals surface area (Å²) in [6, 6.07) is 6.21. The largest absolute Gasteiger partial charge is 0.392 e. The molecule has 0 saturated heterocycles. The Kier molecular flexibility index (Phi) is 7.31. The fraction of sp³-hybridized carbons (Fsp3) is 0.235. The lowest BCUT2D eigenvalue weighted by atomic mass is 10.2. The lowest BCUT2D eigenvalue weighted by molar-refractivity contribution is 0.196. The van der Waals surface area contributed by atoms with Crippen molar-refractivity contribution in [3.63, 3.8) is 0 Å². The molecule has 9 heteroatoms. The first-order valence-electron chi connectivity index (χ1n) is 7.88. The van der Waals surface area contributed by atoms with E-state index < -0.39 is 6.10 Å². The minimum Gasteiger partial charge on any atom is -0.392 e. The molecule has 0 saturated carbocycles. The van der Waals surface area contributed by atoms with Crippen molar-refractivity contribution >= 4 is 29.6 Å². The normalized spacial score (nSPS) is 12.4. The predicted octanol–water partition coefficient (Wildman–Crippen LogP) is 2.75. The molecule has 0 aliphatic carbocycles. The SMILES string of the molecule is CC(O)CN/C=C(\C=N)Nc1ncc(Cl)c(NCc2cccc(F)c2)n1. The minimum atomic E-state index is -0.511. The molecule has 1 unspecified atom stereocenters. The molecule has 1 aromatic carbocycles. The monoisotopic (exact) mass is 378 g/mol. The highest BCUT2D eigenvalue weighted by Crippen LogP contribution is 2.20. The van der Waals surface area contributed by atoms with Crippen LogP contribution in [0.2, 0.25) is 5.02 Å². The molecule has 2 aromatic rings. The first kappa shape index (κ1) is 19.6. The van der Waals surface area contributed by atoms with E-state index in [2.05, 4.69) is 25.9 Å². The van der Waals surface area contributed by atoms with Gasteiger partial charge >= 0.3 is 0 Å². The molecule has 138 valence electrons. The van der Waals surface area contributed by atoms with E-state index >= 15 is 0 Å². The van der Waals surface area contributed by atoms with E-state index in [-0.39, 0.29) is 11.8 Å². The molecule has 26 heavy (non-hydrogen) atoms. The lowest BCUT2D eigenvalue weighted by Crippen LogP contribution is -2.21. The Labute approximate surface area is 155 Å². The highest BCUT2D eigenvalue weighted by molar-refractivity contribution is 6.32. The topological polar surface area (TPSA) is 106 Å². The van der Waals surface area contributed by atoms with Crippen molar-refractivity contribution in [2.24, 2.45) is 0 Å². The molecule has 0 aliphatic heterocycles. The van der Waals surface area contributed by atoms with Gasteiger partial charge in [-0.1, -0.05) is 23.7 Å². The summed E-state index contributed by atoms with van der Waals surface area (Å²) in [5.74, 6) is 0.310. The van der Waals surface area contributed by atoms with E-state index in [1.807, 2.05) is 0 Å². The van der Waals surface area contributed by atoms with Crippen LogP contribution in [0.4, 0.5) is 16.2 Å². The Balaban J connectivity index is 2.04. The molecule has 1 heterocycles. The van der Waals surface area contributed by atoms with Gasteiger partial charge in [-0.05, 0) is 24.6 Å². The Morgan fingerprint density at radius 3 is 2.96 bits per heavy atom. The van der Waals surface area contributed by atoms with E-state index in [0.29, 0.717) is 29.6 Å². The van der Waals surface area contributed by atoms with E-state index in [1.54, 1.807) is 19.1 Å². The number of nitrogens with zero attached hydrogens (tertiary/aromatic N) is 2. The molecular formula is C17H20ClFN6O. The molecule has 0 aliphatic rings. The van der Waals surface area contributed by atoms with Crippen molar-refractivity contribution < 1.29 is 9.50 Å². The van der Waals surface area contributed by atoms with Crippen LogP contribution in [0.1, 0.15) is 12.5 Å². The van der Waals surface area contributed by atoms with Gasteiger partial charge in [0.1, 0.15) is 10.8 Å². The van der Waals surface area contributed by atoms with Crippen LogP contribution in [-0.4, -0.2) is 33.9 Å². The van der Waals surface area contributed by atoms with E-state index in [9.17, 15) is 9.50 Å². The highest BCUT2D eigenvalue weighted by atomic mass is 35.5. The molecule has 5 N–H and O–H groups in total. The van der Waals surface area contributed by atoms with Gasteiger partial charge in [-0.3, -0.25) is 0 Å². The van der Waals surface area contributed by atoms with E-state index in [1.165, 1.54) is 24.5 Å². The number of aromatic nitrogens is 2. The van der Waals surface area contributed by atoms with Gasteiger partial charge in [0, 0.05) is 25.5 Å². The van der Waals surface area contributed by atoms with Gasteiger partial charge in [-0.25, -0.2) is 9.37 Å². The molecule has 1 aromatic heterocycles. The zero-order valence-corrected chi connectivity index (χ0v) is 14.9. The van der Waals surface area contributed by atoms with Gasteiger partial charge in [-0.2, -0.15) is 4.98 Å². The van der Waals surface area contributed by atoms with Gasteiger partial charge in [0.2, 0.25) is 5.95 Å². The van der Waals surface area contributed by atoms with E-state index in [0.717, 1.165) is 11.8 Å². The number of nitrogens with one attached hydrogen (secondary N) is 4. The number of rotatable bonds is 9. The van der Waals surface area contributed by atoms with Gasteiger partial charge < -0.3 is 26.5 Å². The molecule has 0 spiro atoms. The van der Waals surface area contributed by atoms with Crippen LogP contribution in [0.25, 0.3) is 0 Å². The number of aliphatic hydroxyl groups is 1. The molecule has 0 fully saturated rings. The third-order valence-corrected chi connectivity index (χ3v) is 3.45. The second-order valence-electron chi connectivity index (χ2n) is 5.50. The fourth-order valence-electron chi connectivity index (χ4n) is 1.97. The summed E-state index contributed by atoms with van der Waals surface area (Å²) in [5.41, 5.74) is 1.15. The van der Waals surface area contributed by atoms with Crippen molar-refractivity contribution in [1.82, 2.24) is 15.3 Å². The second kappa shape index (κ2) is 9.69. The maximum absolute atomic E-state index is 13.2. The summed E-state index contributed by atoms with van der Waals surface area (Å²) in [6.07, 6.45) is 3.55. The zero-order chi connectivity index (χ0) is 18.9. The summed E-state index contributed by atoms with van der Waals surface area (Å²) in [5, 5.41) is 25.7. The number of benzene rings is 1. The summed E-state index contributed by atoms with van der Waals surface area (Å²) >= 11 is 6.09. The standard InChI is InChI=1S/C17H20ClFN6O/c1-11(26)7-21-9-14(6-20)24-17-23-10-15(18)16(25-17)22-8-12-3-2-4-13(19)5-12/h2-6,9-11,20-21,26H,7-8H2,1H3,(H2,22,23,24,25)/b14-9+,20-6?. The van der Waals surface area contributed by atoms with Crippen LogP contribution in [0.3, 0.4) is 0 Å². The minimum absolute atomic E-state index is 0.240. The van der Waals surface area contributed by atoms with Gasteiger partial charge in [0.05, 0.1) is 18.0 Å². The molecule has 0 bridgehead atoms. The number of anilines is 2. The molecule has 0 radical (unpaired) electrons. The van der Waals surface area contributed by atoms with Crippen molar-refractivity contribution in [3.05, 3.63) is 58.8 Å². The van der Waals surface area contributed by atoms with Gasteiger partial charge in [0.25, 0.3) is 0 Å². The van der Waals surface area contributed by atoms with Gasteiger partial charge in [0.15, 0.2) is 5.82 Å². The van der Waals surface area contributed by atoms with Gasteiger partial charge in [-0.15, -0.1) is 0 Å². The molecule has 1 atom stereocenters. The van der Waals surface area contributed by atoms with Crippen molar-refractivity contribution in [1.29, 1.82) is 5.41 Å². The van der Waals surface area contributed by atoms with Crippen LogP contribution in [0.5, 0.6) is 0 Å². The summed E-state index contributed by atoms with van der Waals surface area (Å²) < 4.78 is 13.2. The van der Waals surface area contributed by atoms with E-state index in [4.69, 9.17) is 17.0 Å². The Hall–Kier alpha value is -2.71. The quantitative estimate of drug-likeness (QED) is 0.430. The fourth-order valence-corrected chi connectivity index (χ4v) is 2.12. The van der Waals surface area contributed by atoms with Crippen molar-refractivity contribution in [3.8, 4) is 0 Å². The van der Waals surface area contributed by atoms with Crippen LogP contribution in [0, 0.1) is 11.2 Å². The maximum atomic E-state index is 13.2. The average molecular weight is 379 g/mol. The predicted molar refractivity (Wildman–Crippen MR) is 101 cm³/mol. The smallest absolute Gasteiger partial charge is 0.229 e. The molecule has 0 amide bonds. The second-order valence-corrected chi connectivity index (χ2v) is 5.91. The molecule has 2 rings (SSSR count). The number of halogens is 2. The molecule has 7 nitrogen and oxygen atoms in total. The number of hydrogen-bond acceptors (Lipinski definition) is 7. The maximum Gasteiger partial charge on any atom is 0.229 e. The average Bonchev–Trinajstić information content (AvgIpc) is 2.61. The third-order valence-electron chi connectivity index (χ3n) is 3.18. The zero-order valence-electron chi connectivity index (χ0n) is 14.1. The van der Waals surface area contributed by atoms with Crippen LogP contribution in [-0.2, 0) is 6.54 Å². The number of allylic oxidation sites excluding steroid dienone is 1. The van der Waals surface area contributed by atoms with Crippen molar-refractivity contribution in [2.45, 2.75) is 19.6 Å². The first-order chi connectivity index (χ1) is 12.5. The highest BCUT2D eigenvalue weighted by Gasteiger charge is 2.07. The summed E-state index contributed by atoms with van der Waals surface area (Å²) in [4.78, 5) is 8.32. The van der Waals surface area contributed by atoms with Crippen LogP contribution in [0.15, 0.2) is 42.4 Å². The third kappa shape index (κ3) is 6.30. The Morgan fingerprint density at radius 2 is 2.27 bits per heavy atom. The van der Waals surface area contributed by atoms with Crippen LogP contribution >= 0.6 is 11.6 Å². The summed E-state index contributed by atoms with van der Waals surface area (Å²) in [6.45, 7) is 2.34. The Bertz CT molecular complexity index is 784. The number of aliphatic hydroxyl groups excluding tert-OH is 1. The molecular weight excluding hydrogens is 359 g/mol. The van der Waals surface area contributed by atoms with Crippen molar-refractivity contribution in [2.75, 3.05) is 17.2 Å².